The van der Waals surface area contributed by atoms with Crippen molar-refractivity contribution in [3.8, 4) is 0 Å². The normalized spacial score (nSPS) is 14.3. The number of nitrogens with zero attached hydrogens (tertiary/aromatic N) is 1. The molecule has 5 rings (SSSR count). The molecule has 3 heterocycles. The zero-order valence-corrected chi connectivity index (χ0v) is 16.7. The lowest BCUT2D eigenvalue weighted by Crippen LogP contribution is -2.22. The third-order valence-electron chi connectivity index (χ3n) is 5.78. The lowest BCUT2D eigenvalue weighted by molar-refractivity contribution is -0.122. The van der Waals surface area contributed by atoms with E-state index in [-0.39, 0.29) is 11.8 Å². The number of aromatic amines is 1. The predicted molar refractivity (Wildman–Crippen MR) is 119 cm³/mol. The predicted octanol–water partition coefficient (Wildman–Crippen LogP) is 3.35. The summed E-state index contributed by atoms with van der Waals surface area (Å²) in [5.74, 6) is -0.724. The fourth-order valence-corrected chi connectivity index (χ4v) is 4.42. The minimum atomic E-state index is -0.365. The molecule has 6 heteroatoms. The number of carbonyl (C=O) groups is 2. The molecular weight excluding hydrogens is 376 g/mol. The van der Waals surface area contributed by atoms with Crippen LogP contribution in [0.15, 0.2) is 54.9 Å². The molecule has 0 fully saturated rings. The third-order valence-corrected chi connectivity index (χ3v) is 5.78. The Morgan fingerprint density at radius 3 is 2.53 bits per heavy atom. The quantitative estimate of drug-likeness (QED) is 0.450. The summed E-state index contributed by atoms with van der Waals surface area (Å²) in [6.45, 7) is 3.37. The SMILES string of the molecule is Cc1cccc2c1c(C1=C(c3c[nH]c4ccccc34)C(=O)NC1=O)cn2CCCN. The van der Waals surface area contributed by atoms with Gasteiger partial charge in [0, 0.05) is 51.9 Å². The summed E-state index contributed by atoms with van der Waals surface area (Å²) in [4.78, 5) is 29.1. The molecule has 1 aliphatic heterocycles. The second-order valence-corrected chi connectivity index (χ2v) is 7.63. The highest BCUT2D eigenvalue weighted by Gasteiger charge is 2.35. The number of carbonyl (C=O) groups excluding carboxylic acids is 2. The third kappa shape index (κ3) is 2.69. The molecule has 2 aromatic heterocycles. The van der Waals surface area contributed by atoms with E-state index in [1.54, 1.807) is 6.20 Å². The van der Waals surface area contributed by atoms with E-state index in [4.69, 9.17) is 5.73 Å². The topological polar surface area (TPSA) is 92.9 Å². The minimum absolute atomic E-state index is 0.360. The van der Waals surface area contributed by atoms with Gasteiger partial charge < -0.3 is 15.3 Å². The molecule has 150 valence electrons. The summed E-state index contributed by atoms with van der Waals surface area (Å²) < 4.78 is 2.13. The highest BCUT2D eigenvalue weighted by atomic mass is 16.2. The first-order valence-electron chi connectivity index (χ1n) is 10.1. The molecule has 0 saturated heterocycles. The molecule has 0 bridgehead atoms. The van der Waals surface area contributed by atoms with E-state index in [0.29, 0.717) is 17.7 Å². The molecule has 6 nitrogen and oxygen atoms in total. The Labute approximate surface area is 173 Å². The number of H-pyrrole nitrogens is 1. The van der Waals surface area contributed by atoms with Crippen molar-refractivity contribution < 1.29 is 9.59 Å². The van der Waals surface area contributed by atoms with Crippen molar-refractivity contribution in [3.63, 3.8) is 0 Å². The maximum absolute atomic E-state index is 13.0. The summed E-state index contributed by atoms with van der Waals surface area (Å²) in [6.07, 6.45) is 4.62. The number of fused-ring (bicyclic) bond motifs is 2. The second kappa shape index (κ2) is 7.00. The smallest absolute Gasteiger partial charge is 0.259 e. The van der Waals surface area contributed by atoms with E-state index in [1.165, 1.54) is 0 Å². The molecule has 4 N–H and O–H groups in total. The van der Waals surface area contributed by atoms with Gasteiger partial charge in [-0.2, -0.15) is 0 Å². The number of aryl methyl sites for hydroxylation is 2. The van der Waals surface area contributed by atoms with Crippen LogP contribution < -0.4 is 11.1 Å². The first-order valence-corrected chi connectivity index (χ1v) is 10.1. The second-order valence-electron chi connectivity index (χ2n) is 7.63. The summed E-state index contributed by atoms with van der Waals surface area (Å²) >= 11 is 0. The fourth-order valence-electron chi connectivity index (χ4n) is 4.42. The maximum atomic E-state index is 13.0. The first-order chi connectivity index (χ1) is 14.6. The average molecular weight is 398 g/mol. The zero-order chi connectivity index (χ0) is 20.8. The molecule has 0 spiro atoms. The number of benzene rings is 2. The summed E-state index contributed by atoms with van der Waals surface area (Å²) in [5, 5.41) is 4.42. The average Bonchev–Trinajstić information content (AvgIpc) is 3.40. The van der Waals surface area contributed by atoms with Gasteiger partial charge in [0.05, 0.1) is 11.1 Å². The number of hydrogen-bond acceptors (Lipinski definition) is 3. The van der Waals surface area contributed by atoms with Crippen LogP contribution in [0.2, 0.25) is 0 Å². The lowest BCUT2D eigenvalue weighted by Gasteiger charge is -2.05. The van der Waals surface area contributed by atoms with Crippen LogP contribution in [-0.4, -0.2) is 27.9 Å². The van der Waals surface area contributed by atoms with Crippen molar-refractivity contribution in [2.75, 3.05) is 6.54 Å². The van der Waals surface area contributed by atoms with Gasteiger partial charge in [0.2, 0.25) is 0 Å². The van der Waals surface area contributed by atoms with Crippen LogP contribution in [0.25, 0.3) is 33.0 Å². The van der Waals surface area contributed by atoms with E-state index in [2.05, 4.69) is 14.9 Å². The Bertz CT molecular complexity index is 1360. The highest BCUT2D eigenvalue weighted by Crippen LogP contribution is 2.39. The number of nitrogens with one attached hydrogen (secondary N) is 2. The van der Waals surface area contributed by atoms with E-state index < -0.39 is 0 Å². The number of rotatable bonds is 5. The van der Waals surface area contributed by atoms with Crippen molar-refractivity contribution in [1.29, 1.82) is 0 Å². The number of amides is 2. The Hall–Kier alpha value is -3.64. The van der Waals surface area contributed by atoms with Crippen LogP contribution in [0.5, 0.6) is 0 Å². The molecule has 0 aliphatic carbocycles. The van der Waals surface area contributed by atoms with Gasteiger partial charge in [-0.05, 0) is 37.6 Å². The van der Waals surface area contributed by atoms with E-state index in [9.17, 15) is 9.59 Å². The zero-order valence-electron chi connectivity index (χ0n) is 16.7. The van der Waals surface area contributed by atoms with Gasteiger partial charge >= 0.3 is 0 Å². The van der Waals surface area contributed by atoms with Crippen LogP contribution in [0.3, 0.4) is 0 Å². The van der Waals surface area contributed by atoms with Crippen molar-refractivity contribution in [2.24, 2.45) is 5.73 Å². The van der Waals surface area contributed by atoms with E-state index >= 15 is 0 Å². The number of aromatic nitrogens is 2. The standard InChI is InChI=1S/C24H22N4O2/c1-14-6-4-9-19-20(14)17(13-28(19)11-5-10-25)22-21(23(29)27-24(22)30)16-12-26-18-8-3-2-7-15(16)18/h2-4,6-9,12-13,26H,5,10-11,25H2,1H3,(H,27,29,30). The minimum Gasteiger partial charge on any atom is -0.361 e. The summed E-state index contributed by atoms with van der Waals surface area (Å²) in [7, 11) is 0. The number of imide groups is 1. The molecule has 2 aromatic carbocycles. The van der Waals surface area contributed by atoms with Crippen LogP contribution >= 0.6 is 0 Å². The van der Waals surface area contributed by atoms with Gasteiger partial charge in [-0.25, -0.2) is 0 Å². The highest BCUT2D eigenvalue weighted by molar-refractivity contribution is 6.50. The Balaban J connectivity index is 1.82. The molecular formula is C24H22N4O2. The Morgan fingerprint density at radius 2 is 1.73 bits per heavy atom. The van der Waals surface area contributed by atoms with Crippen molar-refractivity contribution in [2.45, 2.75) is 19.9 Å². The molecule has 0 radical (unpaired) electrons. The summed E-state index contributed by atoms with van der Waals surface area (Å²) in [5.41, 5.74) is 11.1. The molecule has 0 unspecified atom stereocenters. The number of hydrogen-bond donors (Lipinski definition) is 3. The maximum Gasteiger partial charge on any atom is 0.259 e. The van der Waals surface area contributed by atoms with E-state index in [1.807, 2.05) is 55.6 Å². The largest absolute Gasteiger partial charge is 0.361 e. The number of para-hydroxylation sites is 1. The fraction of sp³-hybridized carbons (Fsp3) is 0.167. The van der Waals surface area contributed by atoms with Crippen LogP contribution in [0, 0.1) is 6.92 Å². The lowest BCUT2D eigenvalue weighted by atomic mass is 9.94. The van der Waals surface area contributed by atoms with Gasteiger partial charge in [-0.15, -0.1) is 0 Å². The van der Waals surface area contributed by atoms with Gasteiger partial charge in [0.1, 0.15) is 0 Å². The van der Waals surface area contributed by atoms with Crippen molar-refractivity contribution >= 4 is 44.8 Å². The Kier molecular flexibility index (Phi) is 4.29. The summed E-state index contributed by atoms with van der Waals surface area (Å²) in [6, 6.07) is 13.9. The van der Waals surface area contributed by atoms with Crippen LogP contribution in [-0.2, 0) is 16.1 Å². The molecule has 0 saturated carbocycles. The van der Waals surface area contributed by atoms with Crippen LogP contribution in [0.1, 0.15) is 23.1 Å². The Morgan fingerprint density at radius 1 is 0.967 bits per heavy atom. The van der Waals surface area contributed by atoms with Gasteiger partial charge in [0.15, 0.2) is 0 Å². The van der Waals surface area contributed by atoms with Gasteiger partial charge in [0.25, 0.3) is 11.8 Å². The van der Waals surface area contributed by atoms with E-state index in [0.717, 1.165) is 51.5 Å². The monoisotopic (exact) mass is 398 g/mol. The van der Waals surface area contributed by atoms with Gasteiger partial charge in [-0.3, -0.25) is 14.9 Å². The molecule has 0 atom stereocenters. The molecule has 4 aromatic rings. The van der Waals surface area contributed by atoms with Crippen molar-refractivity contribution in [3.05, 3.63) is 71.5 Å². The molecule has 30 heavy (non-hydrogen) atoms. The number of nitrogens with two attached hydrogens (primary N) is 1. The van der Waals surface area contributed by atoms with Crippen molar-refractivity contribution in [1.82, 2.24) is 14.9 Å². The molecule has 1 aliphatic rings. The van der Waals surface area contributed by atoms with Crippen LogP contribution in [0.4, 0.5) is 0 Å². The molecule has 2 amide bonds. The first kappa shape index (κ1) is 18.4. The van der Waals surface area contributed by atoms with Gasteiger partial charge in [-0.1, -0.05) is 30.3 Å².